The number of benzene rings is 1. The van der Waals surface area contributed by atoms with Crippen LogP contribution in [0.5, 0.6) is 0 Å². The summed E-state index contributed by atoms with van der Waals surface area (Å²) >= 11 is 1.51. The lowest BCUT2D eigenvalue weighted by atomic mass is 10.1. The number of carbonyl (C=O) groups excluding carboxylic acids is 2. The van der Waals surface area contributed by atoms with Gasteiger partial charge < -0.3 is 10.1 Å². The largest absolute Gasteiger partial charge is 0.465 e. The van der Waals surface area contributed by atoms with Crippen molar-refractivity contribution in [1.29, 1.82) is 5.26 Å². The summed E-state index contributed by atoms with van der Waals surface area (Å²) in [4.78, 5) is 25.1. The van der Waals surface area contributed by atoms with E-state index in [2.05, 4.69) is 16.1 Å². The van der Waals surface area contributed by atoms with Gasteiger partial charge in [0.05, 0.1) is 18.2 Å². The van der Waals surface area contributed by atoms with Gasteiger partial charge >= 0.3 is 5.97 Å². The Kier molecular flexibility index (Phi) is 5.15. The van der Waals surface area contributed by atoms with Gasteiger partial charge in [-0.25, -0.2) is 4.79 Å². The number of nitrogens with zero attached hydrogens (tertiary/aromatic N) is 1. The molecule has 0 fully saturated rings. The van der Waals surface area contributed by atoms with Crippen LogP contribution in [-0.2, 0) is 17.6 Å². The van der Waals surface area contributed by atoms with Crippen molar-refractivity contribution in [3.05, 3.63) is 51.4 Å². The first kappa shape index (κ1) is 17.2. The first-order chi connectivity index (χ1) is 12.1. The number of nitrogens with one attached hydrogen (secondary N) is 1. The molecule has 0 saturated heterocycles. The number of methoxy groups -OCH3 is 1. The summed E-state index contributed by atoms with van der Waals surface area (Å²) in [7, 11) is 1.31. The predicted octanol–water partition coefficient (Wildman–Crippen LogP) is 3.93. The Labute approximate surface area is 150 Å². The van der Waals surface area contributed by atoms with Gasteiger partial charge in [0.2, 0.25) is 0 Å². The number of hydrogen-bond acceptors (Lipinski definition) is 5. The van der Waals surface area contributed by atoms with Crippen molar-refractivity contribution in [3.63, 3.8) is 0 Å². The number of nitriles is 1. The minimum atomic E-state index is -0.444. The van der Waals surface area contributed by atoms with Crippen molar-refractivity contribution in [2.75, 3.05) is 12.4 Å². The molecule has 0 saturated carbocycles. The van der Waals surface area contributed by atoms with E-state index in [1.54, 1.807) is 24.3 Å². The van der Waals surface area contributed by atoms with Gasteiger partial charge in [0.25, 0.3) is 5.91 Å². The number of thiophene rings is 1. The molecule has 3 rings (SSSR count). The number of amides is 1. The molecule has 1 aromatic heterocycles. The fourth-order valence-electron chi connectivity index (χ4n) is 3.00. The van der Waals surface area contributed by atoms with E-state index in [9.17, 15) is 14.9 Å². The van der Waals surface area contributed by atoms with Crippen molar-refractivity contribution in [3.8, 4) is 6.07 Å². The van der Waals surface area contributed by atoms with Crippen LogP contribution in [0.25, 0.3) is 0 Å². The third-order valence-corrected chi connectivity index (χ3v) is 5.54. The summed E-state index contributed by atoms with van der Waals surface area (Å²) in [5.74, 6) is -0.731. The lowest BCUT2D eigenvalue weighted by Gasteiger charge is -2.05. The third kappa shape index (κ3) is 3.57. The standard InChI is InChI=1S/C19H18N2O3S/c1-24-19(23)13-9-7-12(8-10-13)17(22)21-18-15(11-20)14-5-3-2-4-6-16(14)25-18/h7-10H,2-6H2,1H3,(H,21,22). The SMILES string of the molecule is COC(=O)c1ccc(C(=O)Nc2sc3c(c2C#N)CCCCC3)cc1. The minimum Gasteiger partial charge on any atom is -0.465 e. The molecule has 0 bridgehead atoms. The Morgan fingerprint density at radius 3 is 2.48 bits per heavy atom. The lowest BCUT2D eigenvalue weighted by molar-refractivity contribution is 0.0600. The number of hydrogen-bond donors (Lipinski definition) is 1. The fourth-order valence-corrected chi connectivity index (χ4v) is 4.23. The molecule has 25 heavy (non-hydrogen) atoms. The minimum absolute atomic E-state index is 0.288. The lowest BCUT2D eigenvalue weighted by Crippen LogP contribution is -2.12. The zero-order chi connectivity index (χ0) is 17.8. The van der Waals surface area contributed by atoms with Gasteiger partial charge in [0, 0.05) is 10.4 Å². The van der Waals surface area contributed by atoms with E-state index in [0.29, 0.717) is 21.7 Å². The molecule has 128 valence electrons. The summed E-state index contributed by atoms with van der Waals surface area (Å²) in [5.41, 5.74) is 2.52. The molecule has 6 heteroatoms. The summed E-state index contributed by atoms with van der Waals surface area (Å²) in [5, 5.41) is 13.0. The van der Waals surface area contributed by atoms with Gasteiger partial charge in [-0.3, -0.25) is 4.79 Å². The van der Waals surface area contributed by atoms with Crippen LogP contribution in [-0.4, -0.2) is 19.0 Å². The van der Waals surface area contributed by atoms with Crippen LogP contribution in [0, 0.1) is 11.3 Å². The normalized spacial score (nSPS) is 13.3. The number of anilines is 1. The second-order valence-electron chi connectivity index (χ2n) is 5.90. The Morgan fingerprint density at radius 2 is 1.80 bits per heavy atom. The van der Waals surface area contributed by atoms with Crippen LogP contribution >= 0.6 is 11.3 Å². The fraction of sp³-hybridized carbons (Fsp3) is 0.316. The molecule has 2 aromatic rings. The van der Waals surface area contributed by atoms with Gasteiger partial charge in [-0.1, -0.05) is 6.42 Å². The molecule has 1 aliphatic carbocycles. The second kappa shape index (κ2) is 7.49. The molecule has 0 spiro atoms. The maximum Gasteiger partial charge on any atom is 0.337 e. The van der Waals surface area contributed by atoms with Crippen molar-refractivity contribution < 1.29 is 14.3 Å². The van der Waals surface area contributed by atoms with E-state index in [1.807, 2.05) is 0 Å². The monoisotopic (exact) mass is 354 g/mol. The van der Waals surface area contributed by atoms with Crippen molar-refractivity contribution in [2.45, 2.75) is 32.1 Å². The molecule has 1 aliphatic rings. The molecule has 1 heterocycles. The molecular formula is C19H18N2O3S. The summed E-state index contributed by atoms with van der Waals surface area (Å²) in [6.07, 6.45) is 5.26. The highest BCUT2D eigenvalue weighted by Crippen LogP contribution is 2.37. The molecule has 1 N–H and O–H groups in total. The molecule has 0 atom stereocenters. The van der Waals surface area contributed by atoms with Gasteiger partial charge in [0.1, 0.15) is 11.1 Å². The van der Waals surface area contributed by atoms with Gasteiger partial charge in [-0.15, -0.1) is 11.3 Å². The molecular weight excluding hydrogens is 336 g/mol. The number of carbonyl (C=O) groups is 2. The van der Waals surface area contributed by atoms with Crippen LogP contribution in [0.1, 0.15) is 56.0 Å². The number of esters is 1. The van der Waals surface area contributed by atoms with Crippen LogP contribution in [0.15, 0.2) is 24.3 Å². The van der Waals surface area contributed by atoms with Crippen LogP contribution in [0.3, 0.4) is 0 Å². The molecule has 1 amide bonds. The molecule has 5 nitrogen and oxygen atoms in total. The zero-order valence-corrected chi connectivity index (χ0v) is 14.7. The van der Waals surface area contributed by atoms with E-state index in [4.69, 9.17) is 0 Å². The highest BCUT2D eigenvalue weighted by molar-refractivity contribution is 7.16. The Hall–Kier alpha value is -2.65. The molecule has 0 unspecified atom stereocenters. The van der Waals surface area contributed by atoms with Crippen LogP contribution in [0.2, 0.25) is 0 Å². The maximum absolute atomic E-state index is 12.5. The van der Waals surface area contributed by atoms with Crippen molar-refractivity contribution in [1.82, 2.24) is 0 Å². The maximum atomic E-state index is 12.5. The van der Waals surface area contributed by atoms with E-state index in [0.717, 1.165) is 31.2 Å². The van der Waals surface area contributed by atoms with Crippen LogP contribution in [0.4, 0.5) is 5.00 Å². The average molecular weight is 354 g/mol. The van der Waals surface area contributed by atoms with Gasteiger partial charge in [-0.2, -0.15) is 5.26 Å². The first-order valence-electron chi connectivity index (χ1n) is 8.18. The number of ether oxygens (including phenoxy) is 1. The smallest absolute Gasteiger partial charge is 0.337 e. The van der Waals surface area contributed by atoms with E-state index < -0.39 is 5.97 Å². The quantitative estimate of drug-likeness (QED) is 0.669. The summed E-state index contributed by atoms with van der Waals surface area (Å²) in [6, 6.07) is 8.51. The van der Waals surface area contributed by atoms with Gasteiger partial charge in [0.15, 0.2) is 0 Å². The Bertz CT molecular complexity index is 847. The van der Waals surface area contributed by atoms with Crippen LogP contribution < -0.4 is 5.32 Å². The van der Waals surface area contributed by atoms with Crippen molar-refractivity contribution >= 4 is 28.2 Å². The molecule has 1 aromatic carbocycles. The van der Waals surface area contributed by atoms with E-state index >= 15 is 0 Å². The van der Waals surface area contributed by atoms with Gasteiger partial charge in [-0.05, 0) is 55.5 Å². The summed E-state index contributed by atoms with van der Waals surface area (Å²) in [6.45, 7) is 0. The number of fused-ring (bicyclic) bond motifs is 1. The van der Waals surface area contributed by atoms with E-state index in [1.165, 1.54) is 29.7 Å². The number of rotatable bonds is 3. The average Bonchev–Trinajstić information content (AvgIpc) is 2.80. The Morgan fingerprint density at radius 1 is 1.12 bits per heavy atom. The zero-order valence-electron chi connectivity index (χ0n) is 13.9. The Balaban J connectivity index is 1.81. The second-order valence-corrected chi connectivity index (χ2v) is 7.01. The highest BCUT2D eigenvalue weighted by atomic mass is 32.1. The topological polar surface area (TPSA) is 79.2 Å². The number of aryl methyl sites for hydroxylation is 1. The molecule has 0 radical (unpaired) electrons. The predicted molar refractivity (Wildman–Crippen MR) is 96.0 cm³/mol. The molecule has 0 aliphatic heterocycles. The van der Waals surface area contributed by atoms with Crippen molar-refractivity contribution in [2.24, 2.45) is 0 Å². The van der Waals surface area contributed by atoms with E-state index in [-0.39, 0.29) is 5.91 Å². The summed E-state index contributed by atoms with van der Waals surface area (Å²) < 4.78 is 4.65. The third-order valence-electron chi connectivity index (χ3n) is 4.33. The first-order valence-corrected chi connectivity index (χ1v) is 9.00. The highest BCUT2D eigenvalue weighted by Gasteiger charge is 2.21.